The van der Waals surface area contributed by atoms with E-state index in [1.165, 1.54) is 16.8 Å². The molecular formula is C27H36N2O3. The lowest BCUT2D eigenvalue weighted by Crippen LogP contribution is -2.38. The largest absolute Gasteiger partial charge is 0.486 e. The summed E-state index contributed by atoms with van der Waals surface area (Å²) >= 11 is 0. The van der Waals surface area contributed by atoms with Gasteiger partial charge in [-0.2, -0.15) is 0 Å². The molecule has 5 nitrogen and oxygen atoms in total. The third kappa shape index (κ3) is 4.63. The number of amides is 1. The molecule has 0 aromatic heterocycles. The number of carbonyl (C=O) groups excluding carboxylic acids is 1. The Morgan fingerprint density at radius 3 is 2.38 bits per heavy atom. The van der Waals surface area contributed by atoms with E-state index in [4.69, 9.17) is 15.2 Å². The second kappa shape index (κ2) is 8.78. The van der Waals surface area contributed by atoms with Crippen LogP contribution in [0.4, 0.5) is 5.69 Å². The Morgan fingerprint density at radius 1 is 1.12 bits per heavy atom. The molecule has 1 amide bonds. The van der Waals surface area contributed by atoms with Crippen LogP contribution in [0.2, 0.25) is 0 Å². The summed E-state index contributed by atoms with van der Waals surface area (Å²) in [7, 11) is 0. The standard InChI is InChI=1S/C27H36N2O3/c1-17-11-21(12-18(2)24(17)25(26(28)30)27(3,4)5)29-10-6-7-19-13-22(9-8-20(19)14-29)32-23-15-31-16-23/h8-9,11-13,23,25H,6-7,10,14-16H2,1-5H3,(H2,28,30). The average Bonchev–Trinajstić information content (AvgIpc) is 2.88. The average molecular weight is 437 g/mol. The molecule has 0 spiro atoms. The molecule has 5 heteroatoms. The number of nitrogens with zero attached hydrogens (tertiary/aromatic N) is 1. The van der Waals surface area contributed by atoms with Crippen molar-refractivity contribution in [2.75, 3.05) is 24.7 Å². The molecule has 172 valence electrons. The van der Waals surface area contributed by atoms with Crippen molar-refractivity contribution < 1.29 is 14.3 Å². The summed E-state index contributed by atoms with van der Waals surface area (Å²) in [6, 6.07) is 10.9. The van der Waals surface area contributed by atoms with Crippen LogP contribution >= 0.6 is 0 Å². The Labute approximate surface area is 191 Å². The van der Waals surface area contributed by atoms with Gasteiger partial charge in [0.15, 0.2) is 0 Å². The Morgan fingerprint density at radius 2 is 1.81 bits per heavy atom. The lowest BCUT2D eigenvalue weighted by Gasteiger charge is -2.32. The molecule has 32 heavy (non-hydrogen) atoms. The maximum atomic E-state index is 12.3. The minimum Gasteiger partial charge on any atom is -0.486 e. The van der Waals surface area contributed by atoms with E-state index in [0.717, 1.165) is 48.4 Å². The Bertz CT molecular complexity index is 981. The zero-order valence-electron chi connectivity index (χ0n) is 20.0. The molecule has 1 atom stereocenters. The number of hydrogen-bond donors (Lipinski definition) is 1. The first kappa shape index (κ1) is 22.7. The summed E-state index contributed by atoms with van der Waals surface area (Å²) in [5.74, 6) is 0.383. The molecule has 0 bridgehead atoms. The van der Waals surface area contributed by atoms with E-state index in [2.05, 4.69) is 69.9 Å². The molecule has 1 fully saturated rings. The van der Waals surface area contributed by atoms with Crippen molar-refractivity contribution in [3.63, 3.8) is 0 Å². The number of aryl methyl sites for hydroxylation is 3. The van der Waals surface area contributed by atoms with Gasteiger partial charge in [-0.1, -0.05) is 26.8 Å². The van der Waals surface area contributed by atoms with Gasteiger partial charge in [-0.25, -0.2) is 0 Å². The highest BCUT2D eigenvalue weighted by Gasteiger charge is 2.33. The predicted molar refractivity (Wildman–Crippen MR) is 128 cm³/mol. The number of ether oxygens (including phenoxy) is 2. The fraction of sp³-hybridized carbons (Fsp3) is 0.519. The van der Waals surface area contributed by atoms with Crippen molar-refractivity contribution in [2.24, 2.45) is 11.1 Å². The van der Waals surface area contributed by atoms with Crippen LogP contribution in [-0.2, 0) is 22.5 Å². The Hall–Kier alpha value is -2.53. The molecular weight excluding hydrogens is 400 g/mol. The minimum absolute atomic E-state index is 0.192. The molecule has 2 aromatic rings. The van der Waals surface area contributed by atoms with Crippen molar-refractivity contribution in [1.29, 1.82) is 0 Å². The first-order chi connectivity index (χ1) is 15.1. The molecule has 2 heterocycles. The van der Waals surface area contributed by atoms with Crippen LogP contribution in [-0.4, -0.2) is 31.8 Å². The van der Waals surface area contributed by atoms with Crippen LogP contribution in [0, 0.1) is 19.3 Å². The lowest BCUT2D eigenvalue weighted by atomic mass is 9.73. The molecule has 2 N–H and O–H groups in total. The van der Waals surface area contributed by atoms with E-state index in [0.29, 0.717) is 13.2 Å². The second-order valence-electron chi connectivity index (χ2n) is 10.4. The number of benzene rings is 2. The minimum atomic E-state index is -0.305. The molecule has 1 saturated heterocycles. The summed E-state index contributed by atoms with van der Waals surface area (Å²) < 4.78 is 11.2. The molecule has 0 aliphatic carbocycles. The van der Waals surface area contributed by atoms with Gasteiger partial charge in [-0.05, 0) is 84.2 Å². The van der Waals surface area contributed by atoms with Crippen molar-refractivity contribution in [3.05, 3.63) is 58.1 Å². The number of nitrogens with two attached hydrogens (primary N) is 1. The number of anilines is 1. The van der Waals surface area contributed by atoms with Gasteiger partial charge in [-0.3, -0.25) is 4.79 Å². The van der Waals surface area contributed by atoms with Crippen LogP contribution < -0.4 is 15.4 Å². The normalized spacial score (nSPS) is 17.8. The molecule has 4 rings (SSSR count). The molecule has 2 aromatic carbocycles. The lowest BCUT2D eigenvalue weighted by molar-refractivity contribution is -0.121. The zero-order chi connectivity index (χ0) is 23.0. The third-order valence-electron chi connectivity index (χ3n) is 6.71. The SMILES string of the molecule is Cc1cc(N2CCCc3cc(OC4COC4)ccc3C2)cc(C)c1C(C(N)=O)C(C)(C)C. The second-order valence-corrected chi connectivity index (χ2v) is 10.4. The van der Waals surface area contributed by atoms with Gasteiger partial charge in [0.2, 0.25) is 5.91 Å². The van der Waals surface area contributed by atoms with Gasteiger partial charge < -0.3 is 20.1 Å². The van der Waals surface area contributed by atoms with E-state index >= 15 is 0 Å². The first-order valence-electron chi connectivity index (χ1n) is 11.6. The maximum absolute atomic E-state index is 12.3. The highest BCUT2D eigenvalue weighted by atomic mass is 16.6. The monoisotopic (exact) mass is 436 g/mol. The number of hydrogen-bond acceptors (Lipinski definition) is 4. The topological polar surface area (TPSA) is 64.8 Å². The first-order valence-corrected chi connectivity index (χ1v) is 11.6. The third-order valence-corrected chi connectivity index (χ3v) is 6.71. The maximum Gasteiger partial charge on any atom is 0.225 e. The van der Waals surface area contributed by atoms with Crippen LogP contribution in [0.25, 0.3) is 0 Å². The fourth-order valence-corrected chi connectivity index (χ4v) is 5.09. The van der Waals surface area contributed by atoms with E-state index < -0.39 is 0 Å². The molecule has 1 unspecified atom stereocenters. The summed E-state index contributed by atoms with van der Waals surface area (Å²) in [5, 5.41) is 0. The molecule has 2 aliphatic rings. The smallest absolute Gasteiger partial charge is 0.225 e. The quantitative estimate of drug-likeness (QED) is 0.741. The van der Waals surface area contributed by atoms with Crippen LogP contribution in [0.1, 0.15) is 60.9 Å². The number of fused-ring (bicyclic) bond motifs is 1. The van der Waals surface area contributed by atoms with E-state index in [9.17, 15) is 4.79 Å². The van der Waals surface area contributed by atoms with Gasteiger partial charge in [0, 0.05) is 18.8 Å². The molecule has 0 radical (unpaired) electrons. The van der Waals surface area contributed by atoms with Crippen LogP contribution in [0.15, 0.2) is 30.3 Å². The van der Waals surface area contributed by atoms with Crippen LogP contribution in [0.3, 0.4) is 0 Å². The Kier molecular flexibility index (Phi) is 6.22. The van der Waals surface area contributed by atoms with Crippen molar-refractivity contribution in [3.8, 4) is 5.75 Å². The zero-order valence-corrected chi connectivity index (χ0v) is 20.0. The summed E-state index contributed by atoms with van der Waals surface area (Å²) in [6.07, 6.45) is 2.33. The van der Waals surface area contributed by atoms with Gasteiger partial charge in [0.05, 0.1) is 19.1 Å². The van der Waals surface area contributed by atoms with Gasteiger partial charge in [-0.15, -0.1) is 0 Å². The number of carbonyl (C=O) groups is 1. The number of rotatable bonds is 5. The fourth-order valence-electron chi connectivity index (χ4n) is 5.09. The van der Waals surface area contributed by atoms with E-state index in [1.54, 1.807) is 0 Å². The van der Waals surface area contributed by atoms with Crippen molar-refractivity contribution in [1.82, 2.24) is 0 Å². The van der Waals surface area contributed by atoms with Gasteiger partial charge in [0.1, 0.15) is 11.9 Å². The van der Waals surface area contributed by atoms with Crippen molar-refractivity contribution in [2.45, 2.75) is 66.0 Å². The van der Waals surface area contributed by atoms with Gasteiger partial charge >= 0.3 is 0 Å². The summed E-state index contributed by atoms with van der Waals surface area (Å²) in [5.41, 5.74) is 12.9. The highest BCUT2D eigenvalue weighted by molar-refractivity contribution is 5.84. The van der Waals surface area contributed by atoms with E-state index in [-0.39, 0.29) is 23.3 Å². The Balaban J connectivity index is 1.59. The summed E-state index contributed by atoms with van der Waals surface area (Å²) in [4.78, 5) is 14.8. The van der Waals surface area contributed by atoms with Gasteiger partial charge in [0.25, 0.3) is 0 Å². The van der Waals surface area contributed by atoms with E-state index in [1.807, 2.05) is 0 Å². The predicted octanol–water partition coefficient (Wildman–Crippen LogP) is 4.65. The van der Waals surface area contributed by atoms with Crippen molar-refractivity contribution >= 4 is 11.6 Å². The van der Waals surface area contributed by atoms with Crippen LogP contribution in [0.5, 0.6) is 5.75 Å². The highest BCUT2D eigenvalue weighted by Crippen LogP contribution is 2.40. The molecule has 2 aliphatic heterocycles. The number of primary amides is 1. The summed E-state index contributed by atoms with van der Waals surface area (Å²) in [6.45, 7) is 13.7. The molecule has 0 saturated carbocycles.